The fourth-order valence-corrected chi connectivity index (χ4v) is 2.45. The zero-order valence-corrected chi connectivity index (χ0v) is 11.7. The minimum Gasteiger partial charge on any atom is -0.481 e. The zero-order valence-electron chi connectivity index (χ0n) is 11.7. The van der Waals surface area contributed by atoms with E-state index in [9.17, 15) is 9.59 Å². The average Bonchev–Trinajstić information content (AvgIpc) is 2.48. The Morgan fingerprint density at radius 3 is 2.40 bits per heavy atom. The molecule has 1 aromatic carbocycles. The summed E-state index contributed by atoms with van der Waals surface area (Å²) in [6, 6.07) is 9.74. The number of carboxylic acid groups (broad SMARTS) is 1. The van der Waals surface area contributed by atoms with Crippen molar-refractivity contribution in [1.82, 2.24) is 4.90 Å². The van der Waals surface area contributed by atoms with Crippen LogP contribution in [0.4, 0.5) is 5.69 Å². The normalized spacial score (nSPS) is 15.9. The number of amides is 1. The van der Waals surface area contributed by atoms with Gasteiger partial charge in [-0.25, -0.2) is 0 Å². The van der Waals surface area contributed by atoms with Crippen LogP contribution in [0, 0.1) is 5.92 Å². The third-order valence-corrected chi connectivity index (χ3v) is 3.77. The fraction of sp³-hybridized carbons (Fsp3) is 0.467. The molecule has 1 N–H and O–H groups in total. The summed E-state index contributed by atoms with van der Waals surface area (Å²) in [5.41, 5.74) is 1.00. The van der Waals surface area contributed by atoms with Gasteiger partial charge in [-0.15, -0.1) is 0 Å². The largest absolute Gasteiger partial charge is 0.481 e. The number of carbonyl (C=O) groups is 2. The Hall–Kier alpha value is -2.04. The lowest BCUT2D eigenvalue weighted by Gasteiger charge is -2.31. The molecule has 1 heterocycles. The minimum atomic E-state index is -0.751. The van der Waals surface area contributed by atoms with Crippen molar-refractivity contribution in [2.24, 2.45) is 5.92 Å². The number of carboxylic acids is 1. The lowest BCUT2D eigenvalue weighted by molar-refractivity contribution is -0.145. The van der Waals surface area contributed by atoms with Crippen LogP contribution in [0.1, 0.15) is 12.8 Å². The van der Waals surface area contributed by atoms with Gasteiger partial charge < -0.3 is 14.9 Å². The molecule has 0 atom stereocenters. The molecule has 1 aliphatic rings. The van der Waals surface area contributed by atoms with Crippen molar-refractivity contribution in [2.45, 2.75) is 12.8 Å². The maximum absolute atomic E-state index is 12.2. The molecule has 0 spiro atoms. The lowest BCUT2D eigenvalue weighted by atomic mass is 9.97. The van der Waals surface area contributed by atoms with Gasteiger partial charge in [0, 0.05) is 25.8 Å². The minimum absolute atomic E-state index is 0.0557. The molecule has 0 aromatic heterocycles. The second-order valence-corrected chi connectivity index (χ2v) is 5.18. The van der Waals surface area contributed by atoms with Crippen LogP contribution in [-0.4, -0.2) is 48.6 Å². The summed E-state index contributed by atoms with van der Waals surface area (Å²) in [6.07, 6.45) is 1.10. The van der Waals surface area contributed by atoms with E-state index in [2.05, 4.69) is 0 Å². The number of likely N-dealkylation sites (N-methyl/N-ethyl adjacent to an activating group) is 1. The van der Waals surface area contributed by atoms with E-state index in [1.54, 1.807) is 4.90 Å². The predicted molar refractivity (Wildman–Crippen MR) is 76.7 cm³/mol. The van der Waals surface area contributed by atoms with Crippen LogP contribution in [0.2, 0.25) is 0 Å². The van der Waals surface area contributed by atoms with Crippen molar-refractivity contribution in [3.05, 3.63) is 30.3 Å². The summed E-state index contributed by atoms with van der Waals surface area (Å²) in [7, 11) is 1.89. The van der Waals surface area contributed by atoms with Crippen LogP contribution in [0.15, 0.2) is 30.3 Å². The Balaban J connectivity index is 1.85. The van der Waals surface area contributed by atoms with Gasteiger partial charge in [0.2, 0.25) is 5.91 Å². The molecule has 2 rings (SSSR count). The van der Waals surface area contributed by atoms with E-state index in [-0.39, 0.29) is 11.8 Å². The van der Waals surface area contributed by atoms with Gasteiger partial charge in [0.1, 0.15) is 0 Å². The van der Waals surface area contributed by atoms with Crippen LogP contribution >= 0.6 is 0 Å². The van der Waals surface area contributed by atoms with E-state index in [0.717, 1.165) is 5.69 Å². The molecule has 5 nitrogen and oxygen atoms in total. The maximum atomic E-state index is 12.2. The average molecular weight is 276 g/mol. The highest BCUT2D eigenvalue weighted by Gasteiger charge is 2.27. The first kappa shape index (κ1) is 14.4. The first-order chi connectivity index (χ1) is 9.58. The van der Waals surface area contributed by atoms with Gasteiger partial charge >= 0.3 is 5.97 Å². The molecule has 1 amide bonds. The highest BCUT2D eigenvalue weighted by molar-refractivity contribution is 5.81. The first-order valence-electron chi connectivity index (χ1n) is 6.84. The Labute approximate surface area is 118 Å². The van der Waals surface area contributed by atoms with Gasteiger partial charge in [0.15, 0.2) is 0 Å². The first-order valence-corrected chi connectivity index (χ1v) is 6.84. The summed E-state index contributed by atoms with van der Waals surface area (Å²) < 4.78 is 0. The Morgan fingerprint density at radius 2 is 1.85 bits per heavy atom. The monoisotopic (exact) mass is 276 g/mol. The summed E-state index contributed by atoms with van der Waals surface area (Å²) in [5.74, 6) is -0.996. The van der Waals surface area contributed by atoms with Crippen molar-refractivity contribution in [3.8, 4) is 0 Å². The second-order valence-electron chi connectivity index (χ2n) is 5.18. The molecular weight excluding hydrogens is 256 g/mol. The smallest absolute Gasteiger partial charge is 0.306 e. The van der Waals surface area contributed by atoms with Gasteiger partial charge in [-0.1, -0.05) is 18.2 Å². The third kappa shape index (κ3) is 3.50. The van der Waals surface area contributed by atoms with E-state index in [1.165, 1.54) is 0 Å². The number of piperidine rings is 1. The molecule has 5 heteroatoms. The Morgan fingerprint density at radius 1 is 1.25 bits per heavy atom. The number of aliphatic carboxylic acids is 1. The molecular formula is C15H20N2O3. The number of para-hydroxylation sites is 1. The molecule has 1 aliphatic heterocycles. The summed E-state index contributed by atoms with van der Waals surface area (Å²) in [6.45, 7) is 1.40. The third-order valence-electron chi connectivity index (χ3n) is 3.77. The van der Waals surface area contributed by atoms with Gasteiger partial charge in [0.25, 0.3) is 0 Å². The van der Waals surface area contributed by atoms with Crippen LogP contribution in [0.5, 0.6) is 0 Å². The molecule has 20 heavy (non-hydrogen) atoms. The summed E-state index contributed by atoms with van der Waals surface area (Å²) in [4.78, 5) is 26.7. The number of anilines is 1. The Bertz CT molecular complexity index is 467. The lowest BCUT2D eigenvalue weighted by Crippen LogP contribution is -2.44. The van der Waals surface area contributed by atoms with Crippen molar-refractivity contribution >= 4 is 17.6 Å². The number of carbonyl (C=O) groups excluding carboxylic acids is 1. The Kier molecular flexibility index (Phi) is 4.61. The molecule has 1 aromatic rings. The van der Waals surface area contributed by atoms with E-state index >= 15 is 0 Å². The van der Waals surface area contributed by atoms with Gasteiger partial charge in [0.05, 0.1) is 12.5 Å². The molecule has 0 bridgehead atoms. The predicted octanol–water partition coefficient (Wildman–Crippen LogP) is 1.45. The van der Waals surface area contributed by atoms with Crippen LogP contribution in [0.3, 0.4) is 0 Å². The molecule has 0 unspecified atom stereocenters. The number of likely N-dealkylation sites (tertiary alicyclic amines) is 1. The zero-order chi connectivity index (χ0) is 14.5. The van der Waals surface area contributed by atoms with Gasteiger partial charge in [-0.3, -0.25) is 9.59 Å². The summed E-state index contributed by atoms with van der Waals surface area (Å²) in [5, 5.41) is 8.95. The SMILES string of the molecule is CN(CC(=O)N1CCC(C(=O)O)CC1)c1ccccc1. The van der Waals surface area contributed by atoms with E-state index in [1.807, 2.05) is 42.3 Å². The van der Waals surface area contributed by atoms with Crippen LogP contribution in [0.25, 0.3) is 0 Å². The van der Waals surface area contributed by atoms with E-state index in [0.29, 0.717) is 32.5 Å². The van der Waals surface area contributed by atoms with Crippen LogP contribution < -0.4 is 4.90 Å². The number of hydrogen-bond acceptors (Lipinski definition) is 3. The molecule has 1 saturated heterocycles. The number of hydrogen-bond donors (Lipinski definition) is 1. The van der Waals surface area contributed by atoms with E-state index < -0.39 is 5.97 Å². The highest BCUT2D eigenvalue weighted by Crippen LogP contribution is 2.18. The van der Waals surface area contributed by atoms with Crippen molar-refractivity contribution in [2.75, 3.05) is 31.6 Å². The fourth-order valence-electron chi connectivity index (χ4n) is 2.45. The highest BCUT2D eigenvalue weighted by atomic mass is 16.4. The number of nitrogens with zero attached hydrogens (tertiary/aromatic N) is 2. The standard InChI is InChI=1S/C15H20N2O3/c1-16(13-5-3-2-4-6-13)11-14(18)17-9-7-12(8-10-17)15(19)20/h2-6,12H,7-11H2,1H3,(H,19,20). The molecule has 108 valence electrons. The van der Waals surface area contributed by atoms with Crippen molar-refractivity contribution in [3.63, 3.8) is 0 Å². The molecule has 0 radical (unpaired) electrons. The quantitative estimate of drug-likeness (QED) is 0.904. The van der Waals surface area contributed by atoms with E-state index in [4.69, 9.17) is 5.11 Å². The van der Waals surface area contributed by atoms with Crippen molar-refractivity contribution in [1.29, 1.82) is 0 Å². The topological polar surface area (TPSA) is 60.9 Å². The van der Waals surface area contributed by atoms with Crippen molar-refractivity contribution < 1.29 is 14.7 Å². The molecule has 0 aliphatic carbocycles. The number of benzene rings is 1. The molecule has 1 fully saturated rings. The number of rotatable bonds is 4. The van der Waals surface area contributed by atoms with Crippen LogP contribution in [-0.2, 0) is 9.59 Å². The second kappa shape index (κ2) is 6.41. The van der Waals surface area contributed by atoms with Gasteiger partial charge in [-0.2, -0.15) is 0 Å². The maximum Gasteiger partial charge on any atom is 0.306 e. The van der Waals surface area contributed by atoms with Gasteiger partial charge in [-0.05, 0) is 25.0 Å². The molecule has 0 saturated carbocycles. The summed E-state index contributed by atoms with van der Waals surface area (Å²) >= 11 is 0.